The van der Waals surface area contributed by atoms with Crippen LogP contribution in [0.2, 0.25) is 0 Å². The Morgan fingerprint density at radius 2 is 1.88 bits per heavy atom. The van der Waals surface area contributed by atoms with E-state index in [1.807, 2.05) is 42.5 Å². The number of carbonyl (C=O) groups excluding carboxylic acids is 2. The van der Waals surface area contributed by atoms with Crippen molar-refractivity contribution >= 4 is 22.6 Å². The monoisotopic (exact) mass is 324 g/mol. The fraction of sp³-hybridized carbons (Fsp3) is 0.368. The highest BCUT2D eigenvalue weighted by atomic mass is 16.3. The molecule has 0 spiro atoms. The molecule has 2 fully saturated rings. The molecule has 2 aromatic carbocycles. The van der Waals surface area contributed by atoms with Crippen LogP contribution in [-0.4, -0.2) is 52.0 Å². The van der Waals surface area contributed by atoms with Crippen LogP contribution in [0.5, 0.6) is 0 Å². The smallest absolute Gasteiger partial charge is 0.246 e. The zero-order chi connectivity index (χ0) is 16.7. The maximum atomic E-state index is 12.8. The number of nitrogens with zero attached hydrogens (tertiary/aromatic N) is 2. The van der Waals surface area contributed by atoms with Crippen molar-refractivity contribution < 1.29 is 14.7 Å². The topological polar surface area (TPSA) is 60.9 Å². The van der Waals surface area contributed by atoms with E-state index >= 15 is 0 Å². The van der Waals surface area contributed by atoms with Crippen LogP contribution >= 0.6 is 0 Å². The molecule has 2 aromatic rings. The lowest BCUT2D eigenvalue weighted by Gasteiger charge is -2.44. The second-order valence-electron chi connectivity index (χ2n) is 6.61. The summed E-state index contributed by atoms with van der Waals surface area (Å²) in [4.78, 5) is 28.5. The maximum Gasteiger partial charge on any atom is 0.246 e. The van der Waals surface area contributed by atoms with Gasteiger partial charge in [0.1, 0.15) is 12.6 Å². The van der Waals surface area contributed by atoms with Crippen molar-refractivity contribution in [3.8, 4) is 0 Å². The number of piperidine rings is 1. The number of benzene rings is 2. The summed E-state index contributed by atoms with van der Waals surface area (Å²) in [6.07, 6.45) is 0.399. The third-order valence-electron chi connectivity index (χ3n) is 5.06. The number of carbonyl (C=O) groups is 2. The van der Waals surface area contributed by atoms with Crippen molar-refractivity contribution in [2.45, 2.75) is 31.5 Å². The van der Waals surface area contributed by atoms with Gasteiger partial charge in [0.15, 0.2) is 0 Å². The first-order valence-corrected chi connectivity index (χ1v) is 8.36. The lowest BCUT2D eigenvalue weighted by Crippen LogP contribution is -2.62. The molecule has 2 heterocycles. The molecule has 0 saturated carbocycles. The number of aliphatic hydroxyl groups excluding tert-OH is 1. The van der Waals surface area contributed by atoms with Crippen molar-refractivity contribution in [2.24, 2.45) is 0 Å². The van der Waals surface area contributed by atoms with E-state index in [2.05, 4.69) is 0 Å². The van der Waals surface area contributed by atoms with Crippen LogP contribution in [0, 0.1) is 0 Å². The Morgan fingerprint density at radius 3 is 2.75 bits per heavy atom. The molecule has 1 N–H and O–H groups in total. The van der Waals surface area contributed by atoms with Gasteiger partial charge < -0.3 is 14.9 Å². The summed E-state index contributed by atoms with van der Waals surface area (Å²) in [6, 6.07) is 13.6. The van der Waals surface area contributed by atoms with E-state index < -0.39 is 12.1 Å². The zero-order valence-corrected chi connectivity index (χ0v) is 13.4. The summed E-state index contributed by atoms with van der Waals surface area (Å²) in [6.45, 7) is 1.01. The van der Waals surface area contributed by atoms with Gasteiger partial charge in [-0.15, -0.1) is 0 Å². The molecule has 0 aromatic heterocycles. The molecule has 5 nitrogen and oxygen atoms in total. The number of hydrogen-bond donors (Lipinski definition) is 1. The molecule has 2 amide bonds. The van der Waals surface area contributed by atoms with Crippen LogP contribution in [0.15, 0.2) is 42.5 Å². The highest BCUT2D eigenvalue weighted by Gasteiger charge is 2.42. The third-order valence-corrected chi connectivity index (χ3v) is 5.06. The minimum Gasteiger partial charge on any atom is -0.393 e. The third kappa shape index (κ3) is 2.55. The second-order valence-corrected chi connectivity index (χ2v) is 6.61. The van der Waals surface area contributed by atoms with Crippen LogP contribution in [-0.2, 0) is 16.1 Å². The molecule has 0 unspecified atom stereocenters. The van der Waals surface area contributed by atoms with Crippen LogP contribution in [0.1, 0.15) is 18.4 Å². The van der Waals surface area contributed by atoms with E-state index in [4.69, 9.17) is 0 Å². The highest BCUT2D eigenvalue weighted by Crippen LogP contribution is 2.26. The molecule has 124 valence electrons. The summed E-state index contributed by atoms with van der Waals surface area (Å²) in [5.74, 6) is -0.0759. The molecule has 0 radical (unpaired) electrons. The van der Waals surface area contributed by atoms with Gasteiger partial charge in [0.2, 0.25) is 11.8 Å². The van der Waals surface area contributed by atoms with Gasteiger partial charge in [0, 0.05) is 19.5 Å². The van der Waals surface area contributed by atoms with Gasteiger partial charge in [0.05, 0.1) is 6.10 Å². The van der Waals surface area contributed by atoms with Gasteiger partial charge in [-0.05, 0) is 22.8 Å². The maximum absolute atomic E-state index is 12.8. The predicted octanol–water partition coefficient (Wildman–Crippen LogP) is 1.53. The number of aliphatic hydroxyl groups is 1. The number of hydrogen-bond acceptors (Lipinski definition) is 3. The predicted molar refractivity (Wildman–Crippen MR) is 90.1 cm³/mol. The van der Waals surface area contributed by atoms with E-state index in [9.17, 15) is 14.7 Å². The molecule has 5 heteroatoms. The van der Waals surface area contributed by atoms with Crippen LogP contribution in [0.3, 0.4) is 0 Å². The van der Waals surface area contributed by atoms with Gasteiger partial charge in [0.25, 0.3) is 0 Å². The minimum atomic E-state index is -0.509. The van der Waals surface area contributed by atoms with Crippen LogP contribution in [0.25, 0.3) is 10.8 Å². The number of fused-ring (bicyclic) bond motifs is 2. The van der Waals surface area contributed by atoms with Crippen molar-refractivity contribution in [3.63, 3.8) is 0 Å². The first kappa shape index (κ1) is 15.1. The number of amides is 2. The van der Waals surface area contributed by atoms with Crippen molar-refractivity contribution in [1.29, 1.82) is 0 Å². The van der Waals surface area contributed by atoms with E-state index in [0.29, 0.717) is 25.9 Å². The molecule has 0 aliphatic carbocycles. The van der Waals surface area contributed by atoms with E-state index in [1.165, 1.54) is 0 Å². The molecule has 4 rings (SSSR count). The Hall–Kier alpha value is -2.40. The second kappa shape index (κ2) is 5.91. The van der Waals surface area contributed by atoms with E-state index in [0.717, 1.165) is 16.3 Å². The van der Waals surface area contributed by atoms with E-state index in [1.54, 1.807) is 9.80 Å². The Balaban J connectivity index is 1.62. The SMILES string of the molecule is O=C1[C@@H]2C[C@H](O)CCN2C(=O)CN1Cc1cccc2ccccc12. The summed E-state index contributed by atoms with van der Waals surface area (Å²) < 4.78 is 0. The number of piperazine rings is 1. The average molecular weight is 324 g/mol. The minimum absolute atomic E-state index is 0.0215. The van der Waals surface area contributed by atoms with Gasteiger partial charge in [-0.3, -0.25) is 9.59 Å². The molecule has 2 aliphatic rings. The fourth-order valence-electron chi connectivity index (χ4n) is 3.79. The summed E-state index contributed by atoms with van der Waals surface area (Å²) >= 11 is 0. The quantitative estimate of drug-likeness (QED) is 0.911. The van der Waals surface area contributed by atoms with Gasteiger partial charge >= 0.3 is 0 Å². The molecule has 2 atom stereocenters. The Labute approximate surface area is 140 Å². The number of rotatable bonds is 2. The Morgan fingerprint density at radius 1 is 1.08 bits per heavy atom. The fourth-order valence-corrected chi connectivity index (χ4v) is 3.79. The van der Waals surface area contributed by atoms with Crippen molar-refractivity contribution in [1.82, 2.24) is 9.80 Å². The molecule has 2 saturated heterocycles. The Kier molecular flexibility index (Phi) is 3.73. The Bertz CT molecular complexity index is 799. The lowest BCUT2D eigenvalue weighted by atomic mass is 9.95. The average Bonchev–Trinajstić information content (AvgIpc) is 2.59. The summed E-state index contributed by atoms with van der Waals surface area (Å²) in [5, 5.41) is 12.1. The summed E-state index contributed by atoms with van der Waals surface area (Å²) in [5.41, 5.74) is 1.04. The normalized spacial score (nSPS) is 24.4. The first-order valence-electron chi connectivity index (χ1n) is 8.36. The van der Waals surface area contributed by atoms with Gasteiger partial charge in [-0.1, -0.05) is 42.5 Å². The molecular weight excluding hydrogens is 304 g/mol. The van der Waals surface area contributed by atoms with Crippen LogP contribution < -0.4 is 0 Å². The molecule has 0 bridgehead atoms. The summed E-state index contributed by atoms with van der Waals surface area (Å²) in [7, 11) is 0. The highest BCUT2D eigenvalue weighted by molar-refractivity contribution is 5.95. The van der Waals surface area contributed by atoms with Crippen molar-refractivity contribution in [2.75, 3.05) is 13.1 Å². The molecule has 24 heavy (non-hydrogen) atoms. The van der Waals surface area contributed by atoms with E-state index in [-0.39, 0.29) is 18.4 Å². The van der Waals surface area contributed by atoms with Gasteiger partial charge in [-0.25, -0.2) is 0 Å². The first-order chi connectivity index (χ1) is 11.6. The lowest BCUT2D eigenvalue weighted by molar-refractivity contribution is -0.160. The molecule has 2 aliphatic heterocycles. The van der Waals surface area contributed by atoms with Gasteiger partial charge in [-0.2, -0.15) is 0 Å². The largest absolute Gasteiger partial charge is 0.393 e. The van der Waals surface area contributed by atoms with Crippen molar-refractivity contribution in [3.05, 3.63) is 48.0 Å². The zero-order valence-electron chi connectivity index (χ0n) is 13.4. The van der Waals surface area contributed by atoms with Crippen LogP contribution in [0.4, 0.5) is 0 Å². The molecular formula is C19H20N2O3. The standard InChI is InChI=1S/C19H20N2O3/c22-15-8-9-21-17(10-15)19(24)20(12-18(21)23)11-14-6-3-5-13-4-1-2-7-16(13)14/h1-7,15,17,22H,8-12H2/t15-,17+/m1/s1.